The quantitative estimate of drug-likeness (QED) is 0.871. The van der Waals surface area contributed by atoms with E-state index >= 15 is 0 Å². The smallest absolute Gasteiger partial charge is 0.214 e. The Bertz CT molecular complexity index is 458. The molecule has 2 rings (SSSR count). The molecule has 0 saturated carbocycles. The molecule has 2 aromatic heterocycles. The summed E-state index contributed by atoms with van der Waals surface area (Å²) in [5.74, 6) is -0.465. The number of thiophene rings is 1. The van der Waals surface area contributed by atoms with Crippen molar-refractivity contribution in [2.24, 2.45) is 0 Å². The van der Waals surface area contributed by atoms with Crippen molar-refractivity contribution < 1.29 is 4.39 Å². The van der Waals surface area contributed by atoms with Gasteiger partial charge in [0.15, 0.2) is 0 Å². The van der Waals surface area contributed by atoms with Crippen LogP contribution in [0, 0.1) is 5.95 Å². The molecule has 2 heterocycles. The highest BCUT2D eigenvalue weighted by molar-refractivity contribution is 9.11. The fourth-order valence-corrected chi connectivity index (χ4v) is 2.57. The largest absolute Gasteiger partial charge is 0.380 e. The molecule has 0 saturated heterocycles. The lowest BCUT2D eigenvalue weighted by Gasteiger charge is -2.03. The molecule has 0 fully saturated rings. The van der Waals surface area contributed by atoms with Crippen LogP contribution in [0.5, 0.6) is 0 Å². The van der Waals surface area contributed by atoms with Gasteiger partial charge in [-0.05, 0) is 34.1 Å². The van der Waals surface area contributed by atoms with E-state index in [4.69, 9.17) is 0 Å². The molecule has 0 bridgehead atoms. The zero-order valence-electron chi connectivity index (χ0n) is 7.71. The Morgan fingerprint density at radius 1 is 1.40 bits per heavy atom. The van der Waals surface area contributed by atoms with Crippen LogP contribution in [0.1, 0.15) is 4.88 Å². The third-order valence-corrected chi connectivity index (χ3v) is 3.45. The molecule has 78 valence electrons. The number of aromatic nitrogens is 1. The predicted molar refractivity (Wildman–Crippen MR) is 63.5 cm³/mol. The molecule has 0 atom stereocenters. The minimum Gasteiger partial charge on any atom is -0.380 e. The number of pyridine rings is 1. The molecule has 0 spiro atoms. The van der Waals surface area contributed by atoms with E-state index in [1.807, 2.05) is 12.1 Å². The van der Waals surface area contributed by atoms with Gasteiger partial charge in [0.2, 0.25) is 5.95 Å². The van der Waals surface area contributed by atoms with Crippen LogP contribution in [0.15, 0.2) is 34.2 Å². The number of hydrogen-bond donors (Lipinski definition) is 1. The molecule has 0 aliphatic carbocycles. The summed E-state index contributed by atoms with van der Waals surface area (Å²) in [6.07, 6.45) is 1.45. The molecule has 15 heavy (non-hydrogen) atoms. The van der Waals surface area contributed by atoms with Crippen LogP contribution in [0.4, 0.5) is 10.1 Å². The molecule has 2 nitrogen and oxygen atoms in total. The van der Waals surface area contributed by atoms with Gasteiger partial charge in [0.1, 0.15) is 0 Å². The van der Waals surface area contributed by atoms with Crippen molar-refractivity contribution in [3.63, 3.8) is 0 Å². The van der Waals surface area contributed by atoms with Crippen LogP contribution >= 0.6 is 27.3 Å². The van der Waals surface area contributed by atoms with E-state index < -0.39 is 5.95 Å². The number of anilines is 1. The summed E-state index contributed by atoms with van der Waals surface area (Å²) in [6.45, 7) is 0.694. The van der Waals surface area contributed by atoms with Crippen molar-refractivity contribution in [3.05, 3.63) is 45.1 Å². The first kappa shape index (κ1) is 10.6. The minimum absolute atomic E-state index is 0.465. The summed E-state index contributed by atoms with van der Waals surface area (Å²) >= 11 is 5.05. The summed E-state index contributed by atoms with van der Waals surface area (Å²) < 4.78 is 13.8. The van der Waals surface area contributed by atoms with E-state index in [0.29, 0.717) is 6.54 Å². The van der Waals surface area contributed by atoms with Gasteiger partial charge in [0.25, 0.3) is 0 Å². The van der Waals surface area contributed by atoms with Crippen molar-refractivity contribution in [1.82, 2.24) is 4.98 Å². The molecule has 0 unspecified atom stereocenters. The lowest BCUT2D eigenvalue weighted by molar-refractivity contribution is 0.584. The SMILES string of the molecule is Fc1cc(NCc2ccc(Br)s2)ccn1. The molecule has 0 radical (unpaired) electrons. The number of halogens is 2. The lowest BCUT2D eigenvalue weighted by Crippen LogP contribution is -1.98. The number of nitrogens with one attached hydrogen (secondary N) is 1. The Kier molecular flexibility index (Phi) is 3.33. The topological polar surface area (TPSA) is 24.9 Å². The zero-order chi connectivity index (χ0) is 10.7. The highest BCUT2D eigenvalue weighted by atomic mass is 79.9. The van der Waals surface area contributed by atoms with E-state index in [9.17, 15) is 4.39 Å². The highest BCUT2D eigenvalue weighted by Gasteiger charge is 1.98. The number of hydrogen-bond acceptors (Lipinski definition) is 3. The molecule has 5 heteroatoms. The van der Waals surface area contributed by atoms with Gasteiger partial charge >= 0.3 is 0 Å². The first-order valence-corrected chi connectivity index (χ1v) is 5.94. The second-order valence-corrected chi connectivity index (χ2v) is 5.47. The van der Waals surface area contributed by atoms with Crippen molar-refractivity contribution in [3.8, 4) is 0 Å². The Hall–Kier alpha value is -0.940. The van der Waals surface area contributed by atoms with Gasteiger partial charge in [0, 0.05) is 29.4 Å². The minimum atomic E-state index is -0.465. The van der Waals surface area contributed by atoms with Crippen molar-refractivity contribution in [2.75, 3.05) is 5.32 Å². The van der Waals surface area contributed by atoms with E-state index in [0.717, 1.165) is 9.47 Å². The monoisotopic (exact) mass is 286 g/mol. The van der Waals surface area contributed by atoms with Crippen LogP contribution in [0.25, 0.3) is 0 Å². The summed E-state index contributed by atoms with van der Waals surface area (Å²) in [7, 11) is 0. The fourth-order valence-electron chi connectivity index (χ4n) is 1.15. The number of nitrogens with zero attached hydrogens (tertiary/aromatic N) is 1. The maximum absolute atomic E-state index is 12.7. The molecular weight excluding hydrogens is 279 g/mol. The second kappa shape index (κ2) is 4.72. The maximum Gasteiger partial charge on any atom is 0.214 e. The van der Waals surface area contributed by atoms with Crippen LogP contribution in [0.3, 0.4) is 0 Å². The summed E-state index contributed by atoms with van der Waals surface area (Å²) in [4.78, 5) is 4.68. The fraction of sp³-hybridized carbons (Fsp3) is 0.100. The first-order valence-electron chi connectivity index (χ1n) is 4.34. The normalized spacial score (nSPS) is 10.3. The molecule has 0 aromatic carbocycles. The highest BCUT2D eigenvalue weighted by Crippen LogP contribution is 2.22. The van der Waals surface area contributed by atoms with Crippen molar-refractivity contribution in [2.45, 2.75) is 6.54 Å². The Morgan fingerprint density at radius 3 is 2.93 bits per heavy atom. The van der Waals surface area contributed by atoms with Crippen LogP contribution in [0.2, 0.25) is 0 Å². The summed E-state index contributed by atoms with van der Waals surface area (Å²) in [5.41, 5.74) is 0.743. The van der Waals surface area contributed by atoms with Gasteiger partial charge in [0.05, 0.1) is 3.79 Å². The third kappa shape index (κ3) is 3.00. The molecule has 2 aromatic rings. The van der Waals surface area contributed by atoms with Crippen LogP contribution in [-0.4, -0.2) is 4.98 Å². The Balaban J connectivity index is 1.99. The van der Waals surface area contributed by atoms with E-state index in [1.165, 1.54) is 17.1 Å². The molecule has 0 aliphatic heterocycles. The van der Waals surface area contributed by atoms with Crippen molar-refractivity contribution >= 4 is 33.0 Å². The van der Waals surface area contributed by atoms with E-state index in [-0.39, 0.29) is 0 Å². The predicted octanol–water partition coefficient (Wildman–Crippen LogP) is 3.66. The van der Waals surface area contributed by atoms with Gasteiger partial charge in [-0.2, -0.15) is 4.39 Å². The van der Waals surface area contributed by atoms with Gasteiger partial charge in [-0.25, -0.2) is 4.98 Å². The van der Waals surface area contributed by atoms with Gasteiger partial charge < -0.3 is 5.32 Å². The summed E-state index contributed by atoms with van der Waals surface area (Å²) in [5, 5.41) is 3.12. The van der Waals surface area contributed by atoms with Crippen molar-refractivity contribution in [1.29, 1.82) is 0 Å². The summed E-state index contributed by atoms with van der Waals surface area (Å²) in [6, 6.07) is 7.14. The first-order chi connectivity index (χ1) is 7.24. The van der Waals surface area contributed by atoms with Gasteiger partial charge in [-0.15, -0.1) is 11.3 Å². The Morgan fingerprint density at radius 2 is 2.27 bits per heavy atom. The second-order valence-electron chi connectivity index (χ2n) is 2.93. The Labute approximate surface area is 99.3 Å². The zero-order valence-corrected chi connectivity index (χ0v) is 10.1. The average Bonchev–Trinajstić information content (AvgIpc) is 2.62. The molecule has 1 N–H and O–H groups in total. The molecule has 0 amide bonds. The van der Waals surface area contributed by atoms with Gasteiger partial charge in [-0.1, -0.05) is 0 Å². The third-order valence-electron chi connectivity index (χ3n) is 1.82. The standard InChI is InChI=1S/C10H8BrFN2S/c11-9-2-1-8(15-9)6-14-7-3-4-13-10(12)5-7/h1-5H,6H2,(H,13,14). The van der Waals surface area contributed by atoms with Crippen LogP contribution < -0.4 is 5.32 Å². The number of rotatable bonds is 3. The molecular formula is C10H8BrFN2S. The maximum atomic E-state index is 12.7. The van der Waals surface area contributed by atoms with Gasteiger partial charge in [-0.3, -0.25) is 0 Å². The van der Waals surface area contributed by atoms with Crippen LogP contribution in [-0.2, 0) is 6.54 Å². The van der Waals surface area contributed by atoms with E-state index in [2.05, 4.69) is 26.2 Å². The molecule has 0 aliphatic rings. The van der Waals surface area contributed by atoms with E-state index in [1.54, 1.807) is 17.4 Å². The lowest BCUT2D eigenvalue weighted by atomic mass is 10.4. The average molecular weight is 287 g/mol.